The molecule has 0 aromatic carbocycles. The lowest BCUT2D eigenvalue weighted by atomic mass is 9.88. The third kappa shape index (κ3) is 3.94. The Morgan fingerprint density at radius 3 is 2.81 bits per heavy atom. The number of nitrogens with one attached hydrogen (secondary N) is 1. The fraction of sp³-hybridized carbons (Fsp3) is 0.625. The van der Waals surface area contributed by atoms with Crippen LogP contribution in [0.25, 0.3) is 5.52 Å². The summed E-state index contributed by atoms with van der Waals surface area (Å²) in [5.41, 5.74) is 7.94. The van der Waals surface area contributed by atoms with Gasteiger partial charge in [0.05, 0.1) is 5.69 Å². The van der Waals surface area contributed by atoms with Crippen molar-refractivity contribution in [2.24, 2.45) is 11.1 Å². The molecule has 0 spiro atoms. The van der Waals surface area contributed by atoms with Crippen molar-refractivity contribution in [1.29, 1.82) is 0 Å². The molecule has 0 fully saturated rings. The van der Waals surface area contributed by atoms with Crippen LogP contribution in [-0.2, 0) is 0 Å². The molecule has 5 nitrogen and oxygen atoms in total. The summed E-state index contributed by atoms with van der Waals surface area (Å²) in [6.45, 7) is 10.4. The SMILES string of the molecule is CC(C)c1cc2c(NCC(C)(C)CCCN)nccn2n1. The maximum absolute atomic E-state index is 5.60. The molecule has 0 unspecified atom stereocenters. The Morgan fingerprint density at radius 1 is 1.38 bits per heavy atom. The van der Waals surface area contributed by atoms with E-state index in [-0.39, 0.29) is 5.41 Å². The van der Waals surface area contributed by atoms with Gasteiger partial charge in [0.1, 0.15) is 5.52 Å². The molecule has 21 heavy (non-hydrogen) atoms. The van der Waals surface area contributed by atoms with Crippen LogP contribution in [0.5, 0.6) is 0 Å². The standard InChI is InChI=1S/C16H27N5/c1-12(2)13-10-14-15(18-8-9-21(14)20-13)19-11-16(3,4)6-5-7-17/h8-10,12H,5-7,11,17H2,1-4H3,(H,18,19). The van der Waals surface area contributed by atoms with Crippen molar-refractivity contribution in [3.63, 3.8) is 0 Å². The largest absolute Gasteiger partial charge is 0.368 e. The van der Waals surface area contributed by atoms with Crippen molar-refractivity contribution in [1.82, 2.24) is 14.6 Å². The van der Waals surface area contributed by atoms with Gasteiger partial charge in [-0.2, -0.15) is 5.10 Å². The molecule has 0 aliphatic rings. The van der Waals surface area contributed by atoms with Crippen LogP contribution in [0.1, 0.15) is 52.1 Å². The van der Waals surface area contributed by atoms with E-state index in [9.17, 15) is 0 Å². The van der Waals surface area contributed by atoms with Crippen LogP contribution in [0.15, 0.2) is 18.5 Å². The summed E-state index contributed by atoms with van der Waals surface area (Å²) in [6, 6.07) is 2.12. The van der Waals surface area contributed by atoms with E-state index >= 15 is 0 Å². The molecule has 0 aliphatic carbocycles. The Morgan fingerprint density at radius 2 is 2.14 bits per heavy atom. The van der Waals surface area contributed by atoms with Gasteiger partial charge >= 0.3 is 0 Å². The highest BCUT2D eigenvalue weighted by Gasteiger charge is 2.18. The quantitative estimate of drug-likeness (QED) is 0.822. The number of nitrogens with two attached hydrogens (primary N) is 1. The molecule has 3 N–H and O–H groups in total. The van der Waals surface area contributed by atoms with Crippen molar-refractivity contribution in [3.05, 3.63) is 24.2 Å². The van der Waals surface area contributed by atoms with Gasteiger partial charge in [0.15, 0.2) is 5.82 Å². The van der Waals surface area contributed by atoms with E-state index in [1.807, 2.05) is 10.7 Å². The highest BCUT2D eigenvalue weighted by molar-refractivity contribution is 5.67. The average Bonchev–Trinajstić information content (AvgIpc) is 2.88. The Balaban J connectivity index is 2.15. The van der Waals surface area contributed by atoms with Gasteiger partial charge in [-0.15, -0.1) is 0 Å². The zero-order chi connectivity index (χ0) is 15.5. The Labute approximate surface area is 126 Å². The molecule has 0 saturated heterocycles. The van der Waals surface area contributed by atoms with E-state index in [1.165, 1.54) is 0 Å². The maximum Gasteiger partial charge on any atom is 0.152 e. The van der Waals surface area contributed by atoms with Crippen LogP contribution in [0.4, 0.5) is 5.82 Å². The van der Waals surface area contributed by atoms with Gasteiger partial charge in [0, 0.05) is 18.9 Å². The van der Waals surface area contributed by atoms with Crippen LogP contribution in [0.2, 0.25) is 0 Å². The summed E-state index contributed by atoms with van der Waals surface area (Å²) in [4.78, 5) is 4.47. The van der Waals surface area contributed by atoms with Crippen molar-refractivity contribution in [2.75, 3.05) is 18.4 Å². The first kappa shape index (κ1) is 15.8. The molecular weight excluding hydrogens is 262 g/mol. The van der Waals surface area contributed by atoms with Gasteiger partial charge in [0.25, 0.3) is 0 Å². The zero-order valence-corrected chi connectivity index (χ0v) is 13.6. The Kier molecular flexibility index (Phi) is 4.83. The summed E-state index contributed by atoms with van der Waals surface area (Å²) >= 11 is 0. The second-order valence-electron chi connectivity index (χ2n) is 6.74. The molecule has 0 aliphatic heterocycles. The number of aromatic nitrogens is 3. The number of rotatable bonds is 7. The average molecular weight is 289 g/mol. The minimum Gasteiger partial charge on any atom is -0.368 e. The van der Waals surface area contributed by atoms with Crippen LogP contribution >= 0.6 is 0 Å². The van der Waals surface area contributed by atoms with Gasteiger partial charge in [0.2, 0.25) is 0 Å². The van der Waals surface area contributed by atoms with Gasteiger partial charge in [-0.05, 0) is 36.8 Å². The van der Waals surface area contributed by atoms with E-state index in [0.717, 1.165) is 43.0 Å². The summed E-state index contributed by atoms with van der Waals surface area (Å²) in [6.07, 6.45) is 5.85. The van der Waals surface area contributed by atoms with Gasteiger partial charge in [-0.3, -0.25) is 0 Å². The number of nitrogens with zero attached hydrogens (tertiary/aromatic N) is 3. The second-order valence-corrected chi connectivity index (χ2v) is 6.74. The molecule has 0 bridgehead atoms. The lowest BCUT2D eigenvalue weighted by molar-refractivity contribution is 0.350. The Hall–Kier alpha value is -1.62. The van der Waals surface area contributed by atoms with Crippen molar-refractivity contribution in [3.8, 4) is 0 Å². The van der Waals surface area contributed by atoms with E-state index in [2.05, 4.69) is 49.2 Å². The third-order valence-electron chi connectivity index (χ3n) is 3.79. The Bertz CT molecular complexity index is 585. The van der Waals surface area contributed by atoms with Gasteiger partial charge < -0.3 is 11.1 Å². The van der Waals surface area contributed by atoms with Crippen LogP contribution in [0, 0.1) is 5.41 Å². The topological polar surface area (TPSA) is 68.2 Å². The molecule has 2 aromatic rings. The maximum atomic E-state index is 5.60. The molecule has 2 aromatic heterocycles. The van der Waals surface area contributed by atoms with Crippen LogP contribution in [0.3, 0.4) is 0 Å². The lowest BCUT2D eigenvalue weighted by Gasteiger charge is -2.25. The molecule has 2 heterocycles. The first-order chi connectivity index (χ1) is 9.93. The highest BCUT2D eigenvalue weighted by Crippen LogP contribution is 2.24. The monoisotopic (exact) mass is 289 g/mol. The number of hydrogen-bond donors (Lipinski definition) is 2. The number of hydrogen-bond acceptors (Lipinski definition) is 4. The third-order valence-corrected chi connectivity index (χ3v) is 3.79. The normalized spacial score (nSPS) is 12.3. The van der Waals surface area contributed by atoms with Gasteiger partial charge in [-0.1, -0.05) is 27.7 Å². The fourth-order valence-corrected chi connectivity index (χ4v) is 2.35. The zero-order valence-electron chi connectivity index (χ0n) is 13.6. The van der Waals surface area contributed by atoms with Crippen LogP contribution < -0.4 is 11.1 Å². The van der Waals surface area contributed by atoms with E-state index in [1.54, 1.807) is 6.20 Å². The smallest absolute Gasteiger partial charge is 0.152 e. The highest BCUT2D eigenvalue weighted by atomic mass is 15.2. The fourth-order valence-electron chi connectivity index (χ4n) is 2.35. The molecule has 0 saturated carbocycles. The first-order valence-electron chi connectivity index (χ1n) is 7.71. The molecule has 0 radical (unpaired) electrons. The van der Waals surface area contributed by atoms with Crippen molar-refractivity contribution >= 4 is 11.3 Å². The minimum absolute atomic E-state index is 0.203. The number of fused-ring (bicyclic) bond motifs is 1. The lowest BCUT2D eigenvalue weighted by Crippen LogP contribution is -2.24. The summed E-state index contributed by atoms with van der Waals surface area (Å²) in [5.74, 6) is 1.32. The molecule has 2 rings (SSSR count). The molecule has 5 heteroatoms. The molecule has 0 atom stereocenters. The predicted molar refractivity (Wildman–Crippen MR) is 87.6 cm³/mol. The van der Waals surface area contributed by atoms with Gasteiger partial charge in [-0.25, -0.2) is 9.50 Å². The van der Waals surface area contributed by atoms with E-state index < -0.39 is 0 Å². The molecular formula is C16H27N5. The summed E-state index contributed by atoms with van der Waals surface area (Å²) in [7, 11) is 0. The molecule has 0 amide bonds. The van der Waals surface area contributed by atoms with E-state index in [0.29, 0.717) is 5.92 Å². The number of anilines is 1. The first-order valence-corrected chi connectivity index (χ1v) is 7.71. The van der Waals surface area contributed by atoms with Crippen molar-refractivity contribution in [2.45, 2.75) is 46.5 Å². The summed E-state index contributed by atoms with van der Waals surface area (Å²) in [5, 5.41) is 8.06. The minimum atomic E-state index is 0.203. The molecule has 116 valence electrons. The van der Waals surface area contributed by atoms with Crippen LogP contribution in [-0.4, -0.2) is 27.7 Å². The van der Waals surface area contributed by atoms with Crippen molar-refractivity contribution < 1.29 is 0 Å². The summed E-state index contributed by atoms with van der Waals surface area (Å²) < 4.78 is 1.90. The second kappa shape index (κ2) is 6.43. The van der Waals surface area contributed by atoms with E-state index in [4.69, 9.17) is 5.73 Å². The predicted octanol–water partition coefficient (Wildman–Crippen LogP) is 3.03.